The van der Waals surface area contributed by atoms with Crippen molar-refractivity contribution in [3.8, 4) is 5.69 Å². The standard InChI is InChI=1S/C19H17NO3/c1-12-9-10-13(2)17-16(12)18(21)15(19(22)23-3)11-20(17)14-7-5-4-6-8-14/h4-11H,1-3H3. The zero-order chi connectivity index (χ0) is 16.6. The predicted octanol–water partition coefficient (Wildman–Crippen LogP) is 3.39. The number of aromatic nitrogens is 1. The number of rotatable bonds is 2. The number of esters is 1. The van der Waals surface area contributed by atoms with E-state index < -0.39 is 5.97 Å². The van der Waals surface area contributed by atoms with Gasteiger partial charge in [0.1, 0.15) is 5.56 Å². The minimum atomic E-state index is -0.623. The minimum absolute atomic E-state index is 0.0394. The Kier molecular flexibility index (Phi) is 3.74. The highest BCUT2D eigenvalue weighted by Gasteiger charge is 2.18. The van der Waals surface area contributed by atoms with Crippen molar-refractivity contribution in [2.45, 2.75) is 13.8 Å². The number of hydrogen-bond donors (Lipinski definition) is 0. The first-order valence-electron chi connectivity index (χ1n) is 7.34. The zero-order valence-corrected chi connectivity index (χ0v) is 13.3. The molecule has 0 fully saturated rings. The first kappa shape index (κ1) is 15.0. The summed E-state index contributed by atoms with van der Waals surface area (Å²) in [7, 11) is 1.28. The van der Waals surface area contributed by atoms with Gasteiger partial charge >= 0.3 is 5.97 Å². The maximum atomic E-state index is 12.8. The number of hydrogen-bond acceptors (Lipinski definition) is 3. The van der Waals surface area contributed by atoms with E-state index in [1.54, 1.807) is 6.20 Å². The average Bonchev–Trinajstić information content (AvgIpc) is 2.58. The van der Waals surface area contributed by atoms with Gasteiger partial charge in [-0.2, -0.15) is 0 Å². The van der Waals surface area contributed by atoms with Crippen LogP contribution in [-0.2, 0) is 4.74 Å². The van der Waals surface area contributed by atoms with Crippen LogP contribution >= 0.6 is 0 Å². The SMILES string of the molecule is COC(=O)c1cn(-c2ccccc2)c2c(C)ccc(C)c2c1=O. The van der Waals surface area contributed by atoms with Crippen LogP contribution in [0.2, 0.25) is 0 Å². The van der Waals surface area contributed by atoms with Crippen LogP contribution in [-0.4, -0.2) is 17.6 Å². The molecular formula is C19H17NO3. The highest BCUT2D eigenvalue weighted by atomic mass is 16.5. The third kappa shape index (κ3) is 2.42. The summed E-state index contributed by atoms with van der Waals surface area (Å²) in [4.78, 5) is 24.8. The molecule has 1 aromatic heterocycles. The quantitative estimate of drug-likeness (QED) is 0.682. The Morgan fingerprint density at radius 3 is 2.30 bits per heavy atom. The molecule has 4 heteroatoms. The van der Waals surface area contributed by atoms with Crippen molar-refractivity contribution in [1.29, 1.82) is 0 Å². The first-order chi connectivity index (χ1) is 11.0. The fourth-order valence-corrected chi connectivity index (χ4v) is 2.83. The van der Waals surface area contributed by atoms with Gasteiger partial charge in [0.2, 0.25) is 5.43 Å². The molecule has 0 saturated heterocycles. The van der Waals surface area contributed by atoms with Crippen LogP contribution in [0.5, 0.6) is 0 Å². The van der Waals surface area contributed by atoms with E-state index in [-0.39, 0.29) is 11.0 Å². The fraction of sp³-hybridized carbons (Fsp3) is 0.158. The molecule has 23 heavy (non-hydrogen) atoms. The molecule has 0 spiro atoms. The van der Waals surface area contributed by atoms with E-state index in [0.29, 0.717) is 5.39 Å². The van der Waals surface area contributed by atoms with Gasteiger partial charge in [-0.1, -0.05) is 30.3 Å². The minimum Gasteiger partial charge on any atom is -0.465 e. The van der Waals surface area contributed by atoms with Gasteiger partial charge in [0, 0.05) is 11.9 Å². The second-order valence-electron chi connectivity index (χ2n) is 5.49. The summed E-state index contributed by atoms with van der Waals surface area (Å²) >= 11 is 0. The molecule has 1 heterocycles. The molecule has 0 N–H and O–H groups in total. The molecule has 0 saturated carbocycles. The normalized spacial score (nSPS) is 10.7. The van der Waals surface area contributed by atoms with Crippen molar-refractivity contribution in [3.05, 3.63) is 75.6 Å². The average molecular weight is 307 g/mol. The van der Waals surface area contributed by atoms with Gasteiger partial charge in [-0.15, -0.1) is 0 Å². The maximum absolute atomic E-state index is 12.8. The topological polar surface area (TPSA) is 48.3 Å². The van der Waals surface area contributed by atoms with Crippen molar-refractivity contribution < 1.29 is 9.53 Å². The molecule has 0 bridgehead atoms. The van der Waals surface area contributed by atoms with Crippen molar-refractivity contribution in [1.82, 2.24) is 4.57 Å². The number of carbonyl (C=O) groups is 1. The summed E-state index contributed by atoms with van der Waals surface area (Å²) in [6.45, 7) is 3.83. The Bertz CT molecular complexity index is 956. The van der Waals surface area contributed by atoms with Crippen LogP contribution in [0.15, 0.2) is 53.5 Å². The van der Waals surface area contributed by atoms with E-state index in [1.165, 1.54) is 7.11 Å². The maximum Gasteiger partial charge on any atom is 0.343 e. The summed E-state index contributed by atoms with van der Waals surface area (Å²) in [5, 5.41) is 0.553. The number of para-hydroxylation sites is 1. The van der Waals surface area contributed by atoms with Crippen LogP contribution in [0.25, 0.3) is 16.6 Å². The van der Waals surface area contributed by atoms with Crippen LogP contribution in [0.1, 0.15) is 21.5 Å². The van der Waals surface area contributed by atoms with E-state index >= 15 is 0 Å². The molecule has 3 aromatic rings. The molecule has 116 valence electrons. The number of fused-ring (bicyclic) bond motifs is 1. The number of ether oxygens (including phenoxy) is 1. The monoisotopic (exact) mass is 307 g/mol. The van der Waals surface area contributed by atoms with E-state index in [0.717, 1.165) is 22.3 Å². The Balaban J connectivity index is 2.53. The van der Waals surface area contributed by atoms with Gasteiger partial charge in [0.25, 0.3) is 0 Å². The highest BCUT2D eigenvalue weighted by Crippen LogP contribution is 2.23. The first-order valence-corrected chi connectivity index (χ1v) is 7.34. The molecule has 3 rings (SSSR count). The fourth-order valence-electron chi connectivity index (χ4n) is 2.83. The predicted molar refractivity (Wildman–Crippen MR) is 90.4 cm³/mol. The number of benzene rings is 2. The van der Waals surface area contributed by atoms with Gasteiger partial charge in [-0.05, 0) is 37.1 Å². The van der Waals surface area contributed by atoms with Crippen molar-refractivity contribution in [3.63, 3.8) is 0 Å². The van der Waals surface area contributed by atoms with E-state index in [4.69, 9.17) is 4.74 Å². The van der Waals surface area contributed by atoms with Crippen LogP contribution < -0.4 is 5.43 Å². The molecule has 0 radical (unpaired) electrons. The molecule has 0 aliphatic rings. The Hall–Kier alpha value is -2.88. The van der Waals surface area contributed by atoms with Crippen molar-refractivity contribution >= 4 is 16.9 Å². The third-order valence-corrected chi connectivity index (χ3v) is 4.00. The van der Waals surface area contributed by atoms with E-state index in [9.17, 15) is 9.59 Å². The van der Waals surface area contributed by atoms with Gasteiger partial charge in [0.15, 0.2) is 0 Å². The number of nitrogens with zero attached hydrogens (tertiary/aromatic N) is 1. The molecule has 2 aromatic carbocycles. The molecule has 4 nitrogen and oxygen atoms in total. The number of methoxy groups -OCH3 is 1. The Labute approximate surface area is 133 Å². The lowest BCUT2D eigenvalue weighted by molar-refractivity contribution is 0.0599. The lowest BCUT2D eigenvalue weighted by atomic mass is 10.0. The summed E-state index contributed by atoms with van der Waals surface area (Å²) in [6, 6.07) is 13.5. The molecular weight excluding hydrogens is 290 g/mol. The van der Waals surface area contributed by atoms with Gasteiger partial charge < -0.3 is 9.30 Å². The largest absolute Gasteiger partial charge is 0.465 e. The van der Waals surface area contributed by atoms with Gasteiger partial charge in [-0.25, -0.2) is 4.79 Å². The van der Waals surface area contributed by atoms with Crippen LogP contribution in [0.4, 0.5) is 0 Å². The van der Waals surface area contributed by atoms with Crippen LogP contribution in [0, 0.1) is 13.8 Å². The summed E-state index contributed by atoms with van der Waals surface area (Å²) < 4.78 is 6.66. The number of aryl methyl sites for hydroxylation is 2. The summed E-state index contributed by atoms with van der Waals surface area (Å²) in [5.41, 5.74) is 3.26. The number of carbonyl (C=O) groups excluding carboxylic acids is 1. The molecule has 0 unspecified atom stereocenters. The second kappa shape index (κ2) is 5.72. The van der Waals surface area contributed by atoms with Gasteiger partial charge in [0.05, 0.1) is 18.0 Å². The zero-order valence-electron chi connectivity index (χ0n) is 13.3. The highest BCUT2D eigenvalue weighted by molar-refractivity contribution is 5.96. The third-order valence-electron chi connectivity index (χ3n) is 4.00. The lowest BCUT2D eigenvalue weighted by Gasteiger charge is -2.16. The Morgan fingerprint density at radius 2 is 1.65 bits per heavy atom. The summed E-state index contributed by atoms with van der Waals surface area (Å²) in [5.74, 6) is -0.623. The van der Waals surface area contributed by atoms with Gasteiger partial charge in [-0.3, -0.25) is 4.79 Å². The van der Waals surface area contributed by atoms with Crippen LogP contribution in [0.3, 0.4) is 0 Å². The number of pyridine rings is 1. The van der Waals surface area contributed by atoms with Crippen molar-refractivity contribution in [2.75, 3.05) is 7.11 Å². The van der Waals surface area contributed by atoms with E-state index in [2.05, 4.69) is 0 Å². The van der Waals surface area contributed by atoms with E-state index in [1.807, 2.05) is 60.9 Å². The smallest absolute Gasteiger partial charge is 0.343 e. The van der Waals surface area contributed by atoms with Crippen molar-refractivity contribution in [2.24, 2.45) is 0 Å². The molecule has 0 aliphatic carbocycles. The molecule has 0 aliphatic heterocycles. The lowest BCUT2D eigenvalue weighted by Crippen LogP contribution is -2.20. The molecule has 0 atom stereocenters. The second-order valence-corrected chi connectivity index (χ2v) is 5.49. The molecule has 0 amide bonds. The Morgan fingerprint density at radius 1 is 1.00 bits per heavy atom. The summed E-state index contributed by atoms with van der Waals surface area (Å²) in [6.07, 6.45) is 1.57.